The Bertz CT molecular complexity index is 622. The van der Waals surface area contributed by atoms with Crippen molar-refractivity contribution >= 4 is 23.0 Å². The van der Waals surface area contributed by atoms with Crippen LogP contribution in [-0.2, 0) is 4.74 Å². The monoisotopic (exact) mass is 290 g/mol. The number of anilines is 1. The zero-order valence-corrected chi connectivity index (χ0v) is 12.9. The van der Waals surface area contributed by atoms with Gasteiger partial charge in [0.15, 0.2) is 0 Å². The lowest BCUT2D eigenvalue weighted by Gasteiger charge is -2.14. The number of aromatic nitrogens is 1. The summed E-state index contributed by atoms with van der Waals surface area (Å²) >= 11 is 1.69. The molecule has 4 nitrogen and oxygen atoms in total. The molecule has 0 amide bonds. The first-order chi connectivity index (χ1) is 9.51. The number of hydrogen-bond donors (Lipinski definition) is 1. The van der Waals surface area contributed by atoms with Crippen LogP contribution in [0.4, 0.5) is 5.69 Å². The minimum Gasteiger partial charge on any atom is -0.465 e. The molecule has 106 valence electrons. The third-order valence-corrected chi connectivity index (χ3v) is 3.92. The van der Waals surface area contributed by atoms with Crippen LogP contribution in [0.25, 0.3) is 0 Å². The minimum absolute atomic E-state index is 0.0906. The van der Waals surface area contributed by atoms with E-state index in [9.17, 15) is 4.79 Å². The Labute approximate surface area is 122 Å². The van der Waals surface area contributed by atoms with Crippen molar-refractivity contribution in [3.8, 4) is 0 Å². The second-order valence-corrected chi connectivity index (χ2v) is 6.02. The molecule has 1 unspecified atom stereocenters. The predicted molar refractivity (Wildman–Crippen MR) is 81.4 cm³/mol. The topological polar surface area (TPSA) is 51.2 Å². The molecule has 0 aliphatic carbocycles. The smallest absolute Gasteiger partial charge is 0.337 e. The summed E-state index contributed by atoms with van der Waals surface area (Å²) < 4.78 is 4.73. The van der Waals surface area contributed by atoms with Crippen LogP contribution in [0.1, 0.15) is 38.9 Å². The number of benzene rings is 1. The lowest BCUT2D eigenvalue weighted by atomic mass is 10.1. The number of aryl methyl sites for hydroxylation is 2. The molecule has 0 aliphatic rings. The van der Waals surface area contributed by atoms with Crippen molar-refractivity contribution in [1.82, 2.24) is 4.98 Å². The molecule has 1 heterocycles. The molecule has 20 heavy (non-hydrogen) atoms. The molecular formula is C15H18N2O2S. The zero-order valence-electron chi connectivity index (χ0n) is 12.1. The molecular weight excluding hydrogens is 272 g/mol. The first-order valence-corrected chi connectivity index (χ1v) is 7.21. The van der Waals surface area contributed by atoms with E-state index in [1.54, 1.807) is 23.5 Å². The van der Waals surface area contributed by atoms with Crippen molar-refractivity contribution in [2.75, 3.05) is 12.4 Å². The summed E-state index contributed by atoms with van der Waals surface area (Å²) in [6.07, 6.45) is 0. The molecule has 1 atom stereocenters. The van der Waals surface area contributed by atoms with Crippen LogP contribution in [0.2, 0.25) is 0 Å². The van der Waals surface area contributed by atoms with Gasteiger partial charge in [0.25, 0.3) is 0 Å². The third-order valence-electron chi connectivity index (χ3n) is 3.02. The lowest BCUT2D eigenvalue weighted by Crippen LogP contribution is -2.09. The van der Waals surface area contributed by atoms with E-state index in [0.29, 0.717) is 5.56 Å². The van der Waals surface area contributed by atoms with Gasteiger partial charge in [-0.1, -0.05) is 6.07 Å². The molecule has 0 radical (unpaired) electrons. The quantitative estimate of drug-likeness (QED) is 0.872. The number of nitrogens with zero attached hydrogens (tertiary/aromatic N) is 1. The highest BCUT2D eigenvalue weighted by Crippen LogP contribution is 2.25. The summed E-state index contributed by atoms with van der Waals surface area (Å²) in [5, 5.41) is 4.43. The SMILES string of the molecule is COC(=O)c1cccc(NC(C)c2nc(C)sc2C)c1. The molecule has 0 aliphatic heterocycles. The van der Waals surface area contributed by atoms with Gasteiger partial charge in [-0.15, -0.1) is 11.3 Å². The Morgan fingerprint density at radius 2 is 2.15 bits per heavy atom. The molecule has 0 spiro atoms. The van der Waals surface area contributed by atoms with Crippen molar-refractivity contribution < 1.29 is 9.53 Å². The number of ether oxygens (including phenoxy) is 1. The Balaban J connectivity index is 2.17. The number of hydrogen-bond acceptors (Lipinski definition) is 5. The van der Waals surface area contributed by atoms with E-state index in [1.165, 1.54) is 12.0 Å². The number of methoxy groups -OCH3 is 1. The average Bonchev–Trinajstić information content (AvgIpc) is 2.77. The summed E-state index contributed by atoms with van der Waals surface area (Å²) in [6, 6.07) is 7.38. The first kappa shape index (κ1) is 14.5. The number of esters is 1. The molecule has 1 N–H and O–H groups in total. The van der Waals surface area contributed by atoms with Gasteiger partial charge in [0.05, 0.1) is 29.4 Å². The maximum absolute atomic E-state index is 11.5. The van der Waals surface area contributed by atoms with E-state index in [2.05, 4.69) is 24.1 Å². The van der Waals surface area contributed by atoms with Gasteiger partial charge < -0.3 is 10.1 Å². The van der Waals surface area contributed by atoms with Gasteiger partial charge in [0.1, 0.15) is 0 Å². The van der Waals surface area contributed by atoms with E-state index in [-0.39, 0.29) is 12.0 Å². The number of carbonyl (C=O) groups is 1. The van der Waals surface area contributed by atoms with Crippen molar-refractivity contribution in [3.63, 3.8) is 0 Å². The maximum atomic E-state index is 11.5. The molecule has 1 aromatic heterocycles. The molecule has 0 saturated heterocycles. The highest BCUT2D eigenvalue weighted by Gasteiger charge is 2.13. The van der Waals surface area contributed by atoms with Crippen molar-refractivity contribution in [2.45, 2.75) is 26.8 Å². The van der Waals surface area contributed by atoms with E-state index in [0.717, 1.165) is 16.4 Å². The molecule has 0 saturated carbocycles. The summed E-state index contributed by atoms with van der Waals surface area (Å²) in [7, 11) is 1.38. The second kappa shape index (κ2) is 6.05. The van der Waals surface area contributed by atoms with Crippen LogP contribution in [0.5, 0.6) is 0 Å². The molecule has 1 aromatic carbocycles. The fourth-order valence-corrected chi connectivity index (χ4v) is 3.03. The Hall–Kier alpha value is -1.88. The molecule has 2 rings (SSSR count). The van der Waals surface area contributed by atoms with Gasteiger partial charge in [-0.05, 0) is 39.0 Å². The normalized spacial score (nSPS) is 12.0. The minimum atomic E-state index is -0.331. The number of thiazole rings is 1. The van der Waals surface area contributed by atoms with Crippen molar-refractivity contribution in [3.05, 3.63) is 45.4 Å². The van der Waals surface area contributed by atoms with Crippen molar-refractivity contribution in [2.24, 2.45) is 0 Å². The van der Waals surface area contributed by atoms with Gasteiger partial charge >= 0.3 is 5.97 Å². The molecule has 2 aromatic rings. The third kappa shape index (κ3) is 3.17. The zero-order chi connectivity index (χ0) is 14.7. The summed E-state index contributed by atoms with van der Waals surface area (Å²) in [5.41, 5.74) is 2.47. The lowest BCUT2D eigenvalue weighted by molar-refractivity contribution is 0.0601. The van der Waals surface area contributed by atoms with E-state index in [1.807, 2.05) is 19.1 Å². The van der Waals surface area contributed by atoms with Gasteiger partial charge in [0.2, 0.25) is 0 Å². The first-order valence-electron chi connectivity index (χ1n) is 6.40. The highest BCUT2D eigenvalue weighted by molar-refractivity contribution is 7.11. The van der Waals surface area contributed by atoms with Gasteiger partial charge in [-0.25, -0.2) is 9.78 Å². The van der Waals surface area contributed by atoms with Gasteiger partial charge in [-0.2, -0.15) is 0 Å². The molecule has 0 fully saturated rings. The Morgan fingerprint density at radius 1 is 1.40 bits per heavy atom. The number of rotatable bonds is 4. The summed E-state index contributed by atoms with van der Waals surface area (Å²) in [4.78, 5) is 17.3. The van der Waals surface area contributed by atoms with E-state index in [4.69, 9.17) is 4.74 Å². The standard InChI is InChI=1S/C15H18N2O2S/c1-9(14-10(2)20-11(3)17-14)16-13-7-5-6-12(8-13)15(18)19-4/h5-9,16H,1-4H3. The van der Waals surface area contributed by atoms with E-state index >= 15 is 0 Å². The molecule has 5 heteroatoms. The summed E-state index contributed by atoms with van der Waals surface area (Å²) in [5.74, 6) is -0.331. The predicted octanol–water partition coefficient (Wildman–Crippen LogP) is 3.72. The van der Waals surface area contributed by atoms with Crippen LogP contribution < -0.4 is 5.32 Å². The molecule has 0 bridgehead atoms. The summed E-state index contributed by atoms with van der Waals surface area (Å²) in [6.45, 7) is 6.14. The number of carbonyl (C=O) groups excluding carboxylic acids is 1. The maximum Gasteiger partial charge on any atom is 0.337 e. The number of nitrogens with one attached hydrogen (secondary N) is 1. The van der Waals surface area contributed by atoms with Crippen LogP contribution in [0, 0.1) is 13.8 Å². The fourth-order valence-electron chi connectivity index (χ4n) is 2.12. The van der Waals surface area contributed by atoms with E-state index < -0.39 is 0 Å². The Morgan fingerprint density at radius 3 is 2.75 bits per heavy atom. The van der Waals surface area contributed by atoms with Crippen LogP contribution >= 0.6 is 11.3 Å². The van der Waals surface area contributed by atoms with Crippen LogP contribution in [-0.4, -0.2) is 18.1 Å². The fraction of sp³-hybridized carbons (Fsp3) is 0.333. The van der Waals surface area contributed by atoms with Crippen molar-refractivity contribution in [1.29, 1.82) is 0 Å². The van der Waals surface area contributed by atoms with Gasteiger partial charge in [0, 0.05) is 10.6 Å². The average molecular weight is 290 g/mol. The van der Waals surface area contributed by atoms with Gasteiger partial charge in [-0.3, -0.25) is 0 Å². The largest absolute Gasteiger partial charge is 0.465 e. The van der Waals surface area contributed by atoms with Crippen LogP contribution in [0.3, 0.4) is 0 Å². The Kier molecular flexibility index (Phi) is 4.39. The highest BCUT2D eigenvalue weighted by atomic mass is 32.1. The second-order valence-electron chi connectivity index (χ2n) is 4.61. The van der Waals surface area contributed by atoms with Crippen LogP contribution in [0.15, 0.2) is 24.3 Å².